The zero-order valence-electron chi connectivity index (χ0n) is 9.86. The Hall–Kier alpha value is -1.06. The summed E-state index contributed by atoms with van der Waals surface area (Å²) in [6.07, 6.45) is 3.49. The Morgan fingerprint density at radius 1 is 1.38 bits per heavy atom. The molecule has 0 saturated carbocycles. The van der Waals surface area contributed by atoms with Crippen LogP contribution in [0.15, 0.2) is 24.3 Å². The van der Waals surface area contributed by atoms with Crippen molar-refractivity contribution in [2.75, 3.05) is 18.0 Å². The molecule has 1 fully saturated rings. The van der Waals surface area contributed by atoms with E-state index in [0.29, 0.717) is 0 Å². The van der Waals surface area contributed by atoms with Gasteiger partial charge in [-0.15, -0.1) is 0 Å². The third-order valence-corrected chi connectivity index (χ3v) is 3.28. The number of benzene rings is 1. The molecule has 0 amide bonds. The van der Waals surface area contributed by atoms with Gasteiger partial charge >= 0.3 is 0 Å². The molecule has 1 aromatic rings. The van der Waals surface area contributed by atoms with E-state index in [9.17, 15) is 0 Å². The van der Waals surface area contributed by atoms with Crippen LogP contribution in [-0.2, 0) is 11.3 Å². The van der Waals surface area contributed by atoms with Crippen LogP contribution < -0.4 is 10.8 Å². The summed E-state index contributed by atoms with van der Waals surface area (Å²) in [6, 6.07) is 8.78. The van der Waals surface area contributed by atoms with Crippen molar-refractivity contribution >= 4 is 5.69 Å². The van der Waals surface area contributed by atoms with Crippen molar-refractivity contribution < 1.29 is 4.84 Å². The van der Waals surface area contributed by atoms with Gasteiger partial charge < -0.3 is 4.90 Å². The van der Waals surface area contributed by atoms with Crippen LogP contribution in [0.1, 0.15) is 25.3 Å². The van der Waals surface area contributed by atoms with Gasteiger partial charge in [0.2, 0.25) is 0 Å². The minimum absolute atomic E-state index is 0.180. The summed E-state index contributed by atoms with van der Waals surface area (Å²) in [6.45, 7) is 4.18. The Morgan fingerprint density at radius 3 is 2.75 bits per heavy atom. The SMILES string of the molecule is CCc1ccc(N2CCCC(ON)C2)cc1. The molecule has 88 valence electrons. The number of hydrogen-bond acceptors (Lipinski definition) is 3. The topological polar surface area (TPSA) is 38.5 Å². The van der Waals surface area contributed by atoms with Crippen molar-refractivity contribution in [2.24, 2.45) is 5.90 Å². The maximum absolute atomic E-state index is 5.26. The predicted molar refractivity (Wildman–Crippen MR) is 66.3 cm³/mol. The highest BCUT2D eigenvalue weighted by Gasteiger charge is 2.19. The Labute approximate surface area is 97.1 Å². The lowest BCUT2D eigenvalue weighted by atomic mass is 10.1. The average molecular weight is 220 g/mol. The molecule has 0 aliphatic carbocycles. The maximum Gasteiger partial charge on any atom is 0.0962 e. The molecular weight excluding hydrogens is 200 g/mol. The summed E-state index contributed by atoms with van der Waals surface area (Å²) in [5.41, 5.74) is 2.66. The summed E-state index contributed by atoms with van der Waals surface area (Å²) in [7, 11) is 0. The third-order valence-electron chi connectivity index (χ3n) is 3.28. The summed E-state index contributed by atoms with van der Waals surface area (Å²) in [5.74, 6) is 5.26. The fourth-order valence-electron chi connectivity index (χ4n) is 2.23. The number of anilines is 1. The molecule has 0 spiro atoms. The van der Waals surface area contributed by atoms with E-state index in [0.717, 1.165) is 32.4 Å². The molecular formula is C13H20N2O. The number of rotatable bonds is 3. The third kappa shape index (κ3) is 2.54. The fraction of sp³-hybridized carbons (Fsp3) is 0.538. The van der Waals surface area contributed by atoms with Gasteiger partial charge in [-0.2, -0.15) is 0 Å². The first-order chi connectivity index (χ1) is 7.83. The van der Waals surface area contributed by atoms with Gasteiger partial charge in [-0.3, -0.25) is 4.84 Å². The lowest BCUT2D eigenvalue weighted by molar-refractivity contribution is 0.0435. The van der Waals surface area contributed by atoms with Crippen LogP contribution in [0.5, 0.6) is 0 Å². The molecule has 2 rings (SSSR count). The molecule has 1 heterocycles. The Bertz CT molecular complexity index is 323. The molecule has 16 heavy (non-hydrogen) atoms. The van der Waals surface area contributed by atoms with Crippen molar-refractivity contribution in [1.82, 2.24) is 0 Å². The monoisotopic (exact) mass is 220 g/mol. The van der Waals surface area contributed by atoms with E-state index in [1.54, 1.807) is 0 Å². The van der Waals surface area contributed by atoms with Gasteiger partial charge in [0.15, 0.2) is 0 Å². The average Bonchev–Trinajstić information content (AvgIpc) is 2.39. The first-order valence-electron chi connectivity index (χ1n) is 6.03. The Morgan fingerprint density at radius 2 is 2.12 bits per heavy atom. The molecule has 1 atom stereocenters. The lowest BCUT2D eigenvalue weighted by Gasteiger charge is -2.33. The Balaban J connectivity index is 2.05. The molecule has 1 unspecified atom stereocenters. The van der Waals surface area contributed by atoms with E-state index < -0.39 is 0 Å². The molecule has 3 heteroatoms. The molecule has 0 radical (unpaired) electrons. The van der Waals surface area contributed by atoms with Crippen molar-refractivity contribution in [1.29, 1.82) is 0 Å². The normalized spacial score (nSPS) is 21.1. The van der Waals surface area contributed by atoms with Gasteiger partial charge in [-0.25, -0.2) is 5.90 Å². The second-order valence-electron chi connectivity index (χ2n) is 4.37. The van der Waals surface area contributed by atoms with E-state index in [1.165, 1.54) is 11.3 Å². The number of aryl methyl sites for hydroxylation is 1. The van der Waals surface area contributed by atoms with E-state index in [-0.39, 0.29) is 6.10 Å². The highest BCUT2D eigenvalue weighted by atomic mass is 16.6. The lowest BCUT2D eigenvalue weighted by Crippen LogP contribution is -2.40. The van der Waals surface area contributed by atoms with E-state index >= 15 is 0 Å². The van der Waals surface area contributed by atoms with Gasteiger partial charge in [0.1, 0.15) is 0 Å². The molecule has 0 aromatic heterocycles. The predicted octanol–water partition coefficient (Wildman–Crippen LogP) is 2.11. The summed E-state index contributed by atoms with van der Waals surface area (Å²) in [4.78, 5) is 7.29. The maximum atomic E-state index is 5.26. The zero-order valence-corrected chi connectivity index (χ0v) is 9.86. The largest absolute Gasteiger partial charge is 0.369 e. The van der Waals surface area contributed by atoms with Crippen LogP contribution in [0.2, 0.25) is 0 Å². The fourth-order valence-corrected chi connectivity index (χ4v) is 2.23. The minimum Gasteiger partial charge on any atom is -0.369 e. The molecule has 2 N–H and O–H groups in total. The van der Waals surface area contributed by atoms with Crippen LogP contribution >= 0.6 is 0 Å². The number of nitrogens with two attached hydrogens (primary N) is 1. The number of piperidine rings is 1. The minimum atomic E-state index is 0.180. The second kappa shape index (κ2) is 5.32. The van der Waals surface area contributed by atoms with Crippen molar-refractivity contribution in [3.63, 3.8) is 0 Å². The first-order valence-corrected chi connectivity index (χ1v) is 6.03. The van der Waals surface area contributed by atoms with Gasteiger partial charge in [0.25, 0.3) is 0 Å². The summed E-state index contributed by atoms with van der Waals surface area (Å²) >= 11 is 0. The van der Waals surface area contributed by atoms with Crippen LogP contribution in [-0.4, -0.2) is 19.2 Å². The highest BCUT2D eigenvalue weighted by Crippen LogP contribution is 2.21. The van der Waals surface area contributed by atoms with Gasteiger partial charge in [-0.05, 0) is 37.0 Å². The molecule has 1 saturated heterocycles. The highest BCUT2D eigenvalue weighted by molar-refractivity contribution is 5.48. The van der Waals surface area contributed by atoms with Gasteiger partial charge in [0, 0.05) is 18.8 Å². The standard InChI is InChI=1S/C13H20N2O/c1-2-11-5-7-12(8-6-11)15-9-3-4-13(10-15)16-14/h5-8,13H,2-4,9-10,14H2,1H3. The van der Waals surface area contributed by atoms with E-state index in [2.05, 4.69) is 36.1 Å². The molecule has 1 aliphatic heterocycles. The first kappa shape index (κ1) is 11.4. The smallest absolute Gasteiger partial charge is 0.0962 e. The second-order valence-corrected chi connectivity index (χ2v) is 4.37. The van der Waals surface area contributed by atoms with Crippen LogP contribution in [0.4, 0.5) is 5.69 Å². The van der Waals surface area contributed by atoms with Gasteiger partial charge in [-0.1, -0.05) is 19.1 Å². The van der Waals surface area contributed by atoms with E-state index in [4.69, 9.17) is 10.7 Å². The molecule has 0 bridgehead atoms. The van der Waals surface area contributed by atoms with Crippen molar-refractivity contribution in [3.8, 4) is 0 Å². The molecule has 1 aliphatic rings. The zero-order chi connectivity index (χ0) is 11.4. The van der Waals surface area contributed by atoms with E-state index in [1.807, 2.05) is 0 Å². The number of hydrogen-bond donors (Lipinski definition) is 1. The van der Waals surface area contributed by atoms with Gasteiger partial charge in [0.05, 0.1) is 6.10 Å². The summed E-state index contributed by atoms with van der Waals surface area (Å²) in [5, 5.41) is 0. The molecule has 3 nitrogen and oxygen atoms in total. The quantitative estimate of drug-likeness (QED) is 0.793. The Kier molecular flexibility index (Phi) is 3.80. The van der Waals surface area contributed by atoms with Crippen LogP contribution in [0.3, 0.4) is 0 Å². The van der Waals surface area contributed by atoms with Crippen molar-refractivity contribution in [3.05, 3.63) is 29.8 Å². The summed E-state index contributed by atoms with van der Waals surface area (Å²) < 4.78 is 0. The number of nitrogens with zero attached hydrogens (tertiary/aromatic N) is 1. The molecule has 1 aromatic carbocycles. The van der Waals surface area contributed by atoms with Crippen molar-refractivity contribution in [2.45, 2.75) is 32.3 Å². The van der Waals surface area contributed by atoms with Crippen LogP contribution in [0.25, 0.3) is 0 Å². The van der Waals surface area contributed by atoms with Crippen LogP contribution in [0, 0.1) is 0 Å².